The summed E-state index contributed by atoms with van der Waals surface area (Å²) in [6.07, 6.45) is 7.96. The zero-order valence-corrected chi connectivity index (χ0v) is 19.0. The lowest BCUT2D eigenvalue weighted by molar-refractivity contribution is -0.137. The summed E-state index contributed by atoms with van der Waals surface area (Å²) in [4.78, 5) is 41.7. The van der Waals surface area contributed by atoms with E-state index in [0.29, 0.717) is 12.3 Å². The van der Waals surface area contributed by atoms with Gasteiger partial charge in [0.15, 0.2) is 0 Å². The molecule has 1 unspecified atom stereocenters. The van der Waals surface area contributed by atoms with Gasteiger partial charge in [-0.25, -0.2) is 9.97 Å². The first-order valence-corrected chi connectivity index (χ1v) is 12.2. The number of carbonyl (C=O) groups is 2. The molecule has 2 amide bonds. The lowest BCUT2D eigenvalue weighted by Gasteiger charge is -2.36. The molecule has 1 saturated carbocycles. The van der Waals surface area contributed by atoms with Crippen molar-refractivity contribution in [1.29, 1.82) is 0 Å². The zero-order valence-electron chi connectivity index (χ0n) is 19.0. The van der Waals surface area contributed by atoms with E-state index in [0.717, 1.165) is 74.9 Å². The highest BCUT2D eigenvalue weighted by Gasteiger charge is 2.35. The number of likely N-dealkylation sites (tertiary alicyclic amines) is 2. The molecule has 5 rings (SSSR count). The zero-order chi connectivity index (χ0) is 21.5. The number of aromatic nitrogens is 2. The first kappa shape index (κ1) is 20.9. The first-order chi connectivity index (χ1) is 15.0. The molecule has 1 atom stereocenters. The van der Waals surface area contributed by atoms with Crippen LogP contribution in [0.15, 0.2) is 0 Å². The van der Waals surface area contributed by atoms with E-state index in [-0.39, 0.29) is 23.8 Å². The minimum absolute atomic E-state index is 0.0108. The van der Waals surface area contributed by atoms with Gasteiger partial charge in [-0.1, -0.05) is 0 Å². The van der Waals surface area contributed by atoms with Crippen LogP contribution in [-0.4, -0.2) is 70.3 Å². The van der Waals surface area contributed by atoms with Gasteiger partial charge in [-0.15, -0.1) is 0 Å². The minimum atomic E-state index is -0.0108. The number of amides is 2. The van der Waals surface area contributed by atoms with E-state index in [1.165, 1.54) is 25.7 Å². The summed E-state index contributed by atoms with van der Waals surface area (Å²) in [7, 11) is 0. The average molecular weight is 426 g/mol. The number of hydrogen-bond acceptors (Lipinski definition) is 5. The Balaban J connectivity index is 1.28. The Morgan fingerprint density at radius 2 is 1.74 bits per heavy atom. The second-order valence-corrected chi connectivity index (χ2v) is 9.94. The van der Waals surface area contributed by atoms with Crippen LogP contribution in [0.3, 0.4) is 0 Å². The second kappa shape index (κ2) is 8.49. The molecule has 0 N–H and O–H groups in total. The Morgan fingerprint density at radius 1 is 1.03 bits per heavy atom. The molecule has 0 spiro atoms. The smallest absolute Gasteiger partial charge is 0.239 e. The average Bonchev–Trinajstić information content (AvgIpc) is 3.43. The van der Waals surface area contributed by atoms with Crippen molar-refractivity contribution in [3.05, 3.63) is 17.1 Å². The summed E-state index contributed by atoms with van der Waals surface area (Å²) >= 11 is 0. The highest BCUT2D eigenvalue weighted by molar-refractivity contribution is 5.95. The van der Waals surface area contributed by atoms with Gasteiger partial charge in [-0.3, -0.25) is 19.4 Å². The fourth-order valence-corrected chi connectivity index (χ4v) is 5.44. The van der Waals surface area contributed by atoms with Crippen molar-refractivity contribution in [2.45, 2.75) is 77.2 Å². The normalized spacial score (nSPS) is 23.9. The van der Waals surface area contributed by atoms with E-state index >= 15 is 0 Å². The highest BCUT2D eigenvalue weighted by Crippen LogP contribution is 2.36. The highest BCUT2D eigenvalue weighted by atomic mass is 16.2. The number of carbonyl (C=O) groups excluding carboxylic acids is 2. The molecule has 168 valence electrons. The Bertz CT molecular complexity index is 854. The largest absolute Gasteiger partial charge is 0.341 e. The third kappa shape index (κ3) is 4.21. The molecule has 3 fully saturated rings. The topological polar surface area (TPSA) is 69.6 Å². The molecular formula is C24H35N5O2. The third-order valence-corrected chi connectivity index (χ3v) is 7.71. The minimum Gasteiger partial charge on any atom is -0.341 e. The summed E-state index contributed by atoms with van der Waals surface area (Å²) in [5, 5.41) is 0. The molecule has 7 nitrogen and oxygen atoms in total. The molecule has 7 heteroatoms. The van der Waals surface area contributed by atoms with Crippen LogP contribution in [0.4, 0.5) is 5.82 Å². The maximum absolute atomic E-state index is 13.0. The third-order valence-electron chi connectivity index (χ3n) is 7.71. The Labute approximate surface area is 185 Å². The molecule has 0 bridgehead atoms. The van der Waals surface area contributed by atoms with Crippen LogP contribution >= 0.6 is 0 Å². The number of nitrogens with zero attached hydrogens (tertiary/aromatic N) is 5. The van der Waals surface area contributed by atoms with Crippen LogP contribution in [-0.2, 0) is 16.0 Å². The number of fused-ring (bicyclic) bond motifs is 1. The summed E-state index contributed by atoms with van der Waals surface area (Å²) < 4.78 is 0. The monoisotopic (exact) mass is 425 g/mol. The van der Waals surface area contributed by atoms with E-state index in [9.17, 15) is 9.59 Å². The van der Waals surface area contributed by atoms with Gasteiger partial charge < -0.3 is 4.90 Å². The van der Waals surface area contributed by atoms with Gasteiger partial charge in [0.25, 0.3) is 0 Å². The van der Waals surface area contributed by atoms with Crippen molar-refractivity contribution in [1.82, 2.24) is 19.8 Å². The Hall–Kier alpha value is -2.02. The lowest BCUT2D eigenvalue weighted by atomic mass is 9.94. The van der Waals surface area contributed by atoms with Crippen molar-refractivity contribution in [3.8, 4) is 0 Å². The van der Waals surface area contributed by atoms with Crippen LogP contribution in [0.1, 0.15) is 74.9 Å². The number of rotatable bonds is 5. The van der Waals surface area contributed by atoms with Crippen LogP contribution in [0.25, 0.3) is 0 Å². The predicted molar refractivity (Wildman–Crippen MR) is 119 cm³/mol. The number of aryl methyl sites for hydroxylation is 1. The van der Waals surface area contributed by atoms with Gasteiger partial charge in [0, 0.05) is 43.2 Å². The van der Waals surface area contributed by atoms with E-state index in [4.69, 9.17) is 9.97 Å². The molecule has 1 aliphatic carbocycles. The van der Waals surface area contributed by atoms with Gasteiger partial charge in [0.1, 0.15) is 11.6 Å². The quantitative estimate of drug-likeness (QED) is 0.725. The summed E-state index contributed by atoms with van der Waals surface area (Å²) in [6, 6.07) is -0.0108. The molecule has 2 saturated heterocycles. The molecule has 1 aromatic heterocycles. The van der Waals surface area contributed by atoms with E-state index < -0.39 is 0 Å². The predicted octanol–water partition coefficient (Wildman–Crippen LogP) is 2.66. The summed E-state index contributed by atoms with van der Waals surface area (Å²) in [5.74, 6) is 3.11. The van der Waals surface area contributed by atoms with Crippen molar-refractivity contribution < 1.29 is 9.59 Å². The van der Waals surface area contributed by atoms with Crippen LogP contribution in [0.5, 0.6) is 0 Å². The fourth-order valence-electron chi connectivity index (χ4n) is 5.44. The van der Waals surface area contributed by atoms with Gasteiger partial charge in [-0.05, 0) is 77.8 Å². The fraction of sp³-hybridized carbons (Fsp3) is 0.750. The molecular weight excluding hydrogens is 390 g/mol. The SMILES string of the molecule is Cc1nc(C2CCN(C(=O)C(C)N3CCCC3)CC2)nc2c1CCC(=O)N2CC1CC1. The second-order valence-electron chi connectivity index (χ2n) is 9.94. The van der Waals surface area contributed by atoms with Crippen LogP contribution in [0, 0.1) is 12.8 Å². The van der Waals surface area contributed by atoms with Crippen molar-refractivity contribution >= 4 is 17.6 Å². The molecule has 31 heavy (non-hydrogen) atoms. The lowest BCUT2D eigenvalue weighted by Crippen LogP contribution is -2.48. The van der Waals surface area contributed by atoms with Crippen LogP contribution < -0.4 is 4.90 Å². The number of anilines is 1. The molecule has 0 aromatic carbocycles. The Morgan fingerprint density at radius 3 is 2.42 bits per heavy atom. The van der Waals surface area contributed by atoms with Gasteiger partial charge in [0.2, 0.25) is 11.8 Å². The molecule has 3 aliphatic heterocycles. The van der Waals surface area contributed by atoms with Gasteiger partial charge in [-0.2, -0.15) is 0 Å². The first-order valence-electron chi connectivity index (χ1n) is 12.2. The van der Waals surface area contributed by atoms with Crippen molar-refractivity contribution in [3.63, 3.8) is 0 Å². The maximum atomic E-state index is 13.0. The Kier molecular flexibility index (Phi) is 5.71. The van der Waals surface area contributed by atoms with Crippen LogP contribution in [0.2, 0.25) is 0 Å². The number of piperidine rings is 1. The molecule has 1 aromatic rings. The summed E-state index contributed by atoms with van der Waals surface area (Å²) in [6.45, 7) is 8.55. The molecule has 4 heterocycles. The van der Waals surface area contributed by atoms with Crippen molar-refractivity contribution in [2.75, 3.05) is 37.6 Å². The summed E-state index contributed by atoms with van der Waals surface area (Å²) in [5.41, 5.74) is 2.17. The standard InChI is InChI=1S/C24H35N5O2/c1-16-20-7-8-21(30)29(15-18-5-6-18)23(20)26-22(25-16)19-9-13-28(14-10-19)24(31)17(2)27-11-3-4-12-27/h17-19H,3-15H2,1-2H3. The molecule has 0 radical (unpaired) electrons. The van der Waals surface area contributed by atoms with E-state index in [1.54, 1.807) is 0 Å². The van der Waals surface area contributed by atoms with Gasteiger partial charge in [0.05, 0.1) is 6.04 Å². The van der Waals surface area contributed by atoms with E-state index in [2.05, 4.69) is 18.7 Å². The maximum Gasteiger partial charge on any atom is 0.239 e. The number of hydrogen-bond donors (Lipinski definition) is 0. The van der Waals surface area contributed by atoms with Gasteiger partial charge >= 0.3 is 0 Å². The van der Waals surface area contributed by atoms with Crippen molar-refractivity contribution in [2.24, 2.45) is 5.92 Å². The van der Waals surface area contributed by atoms with E-state index in [1.807, 2.05) is 9.80 Å². The molecule has 4 aliphatic rings.